The third-order valence-electron chi connectivity index (χ3n) is 7.20. The monoisotopic (exact) mass is 576 g/mol. The average Bonchev–Trinajstić information content (AvgIpc) is 3.38. The van der Waals surface area contributed by atoms with Crippen LogP contribution >= 0.6 is 0 Å². The van der Waals surface area contributed by atoms with Gasteiger partial charge in [0.2, 0.25) is 0 Å². The Morgan fingerprint density at radius 1 is 0.951 bits per heavy atom. The lowest BCUT2D eigenvalue weighted by Gasteiger charge is -2.32. The van der Waals surface area contributed by atoms with Crippen molar-refractivity contribution in [3.8, 4) is 23.3 Å². The first-order valence-corrected chi connectivity index (χ1v) is 13.5. The SMILES string of the molecule is O=[N+]([O-])c1cn2c(n1)O[C@@H](COc1ccc(OCCC3CCN(Cc4ccc(OC(F)(F)F)cc4)CC3)cc1)CC2. The van der Waals surface area contributed by atoms with Crippen LogP contribution in [0.15, 0.2) is 54.7 Å². The number of ether oxygens (including phenoxy) is 4. The lowest BCUT2D eigenvalue weighted by atomic mass is 9.93. The van der Waals surface area contributed by atoms with Crippen molar-refractivity contribution in [3.63, 3.8) is 0 Å². The van der Waals surface area contributed by atoms with Gasteiger partial charge in [-0.2, -0.15) is 0 Å². The molecule has 1 aromatic heterocycles. The molecular formula is C28H31F3N4O6. The first-order chi connectivity index (χ1) is 19.7. The summed E-state index contributed by atoms with van der Waals surface area (Å²) in [5, 5.41) is 10.9. The number of halogens is 3. The predicted octanol–water partition coefficient (Wildman–Crippen LogP) is 5.60. The molecule has 0 aliphatic carbocycles. The van der Waals surface area contributed by atoms with Crippen LogP contribution in [0.4, 0.5) is 19.0 Å². The molecule has 0 saturated carbocycles. The minimum absolute atomic E-state index is 0.207. The van der Waals surface area contributed by atoms with Crippen LogP contribution in [0.3, 0.4) is 0 Å². The second kappa shape index (κ2) is 12.7. The van der Waals surface area contributed by atoms with Gasteiger partial charge >= 0.3 is 18.2 Å². The number of rotatable bonds is 11. The molecule has 0 bridgehead atoms. The van der Waals surface area contributed by atoms with E-state index in [2.05, 4.69) is 14.6 Å². The molecule has 13 heteroatoms. The van der Waals surface area contributed by atoms with E-state index in [0.717, 1.165) is 43.7 Å². The van der Waals surface area contributed by atoms with Gasteiger partial charge in [0.1, 0.15) is 36.2 Å². The molecule has 220 valence electrons. The van der Waals surface area contributed by atoms with Crippen LogP contribution in [0, 0.1) is 16.0 Å². The normalized spacial score (nSPS) is 17.9. The van der Waals surface area contributed by atoms with Crippen LogP contribution in [0.2, 0.25) is 0 Å². The minimum Gasteiger partial charge on any atom is -0.494 e. The Bertz CT molecular complexity index is 1290. The summed E-state index contributed by atoms with van der Waals surface area (Å²) >= 11 is 0. The number of hydrogen-bond donors (Lipinski definition) is 0. The molecule has 1 atom stereocenters. The summed E-state index contributed by atoms with van der Waals surface area (Å²) in [5.41, 5.74) is 0.957. The summed E-state index contributed by atoms with van der Waals surface area (Å²) in [4.78, 5) is 16.6. The Kier molecular flexibility index (Phi) is 8.81. The number of nitrogens with zero attached hydrogens (tertiary/aromatic N) is 4. The molecule has 2 aliphatic heterocycles. The Hall–Kier alpha value is -4.00. The Balaban J connectivity index is 0.969. The number of piperidine rings is 1. The van der Waals surface area contributed by atoms with Gasteiger partial charge in [0.25, 0.3) is 0 Å². The van der Waals surface area contributed by atoms with E-state index < -0.39 is 11.3 Å². The molecule has 1 saturated heterocycles. The number of likely N-dealkylation sites (tertiary alicyclic amines) is 1. The predicted molar refractivity (Wildman–Crippen MR) is 141 cm³/mol. The third kappa shape index (κ3) is 8.26. The maximum Gasteiger partial charge on any atom is 0.573 e. The zero-order valence-electron chi connectivity index (χ0n) is 22.3. The smallest absolute Gasteiger partial charge is 0.494 e. The van der Waals surface area contributed by atoms with Gasteiger partial charge < -0.3 is 29.1 Å². The molecule has 2 aromatic carbocycles. The summed E-state index contributed by atoms with van der Waals surface area (Å²) in [5.74, 6) is 1.56. The number of fused-ring (bicyclic) bond motifs is 1. The van der Waals surface area contributed by atoms with E-state index in [4.69, 9.17) is 14.2 Å². The number of hydrogen-bond acceptors (Lipinski definition) is 8. The van der Waals surface area contributed by atoms with E-state index in [1.807, 2.05) is 24.3 Å². The van der Waals surface area contributed by atoms with Crippen molar-refractivity contribution in [3.05, 3.63) is 70.4 Å². The number of alkyl halides is 3. The molecule has 2 aliphatic rings. The fourth-order valence-electron chi connectivity index (χ4n) is 4.99. The quantitative estimate of drug-likeness (QED) is 0.215. The summed E-state index contributed by atoms with van der Waals surface area (Å²) in [6.07, 6.45) is 0.146. The lowest BCUT2D eigenvalue weighted by Crippen LogP contribution is -2.33. The average molecular weight is 577 g/mol. The molecule has 3 heterocycles. The summed E-state index contributed by atoms with van der Waals surface area (Å²) in [6.45, 7) is 4.05. The van der Waals surface area contributed by atoms with E-state index in [9.17, 15) is 23.3 Å². The first kappa shape index (κ1) is 28.5. The Morgan fingerprint density at radius 2 is 1.61 bits per heavy atom. The van der Waals surface area contributed by atoms with Gasteiger partial charge in [0.05, 0.1) is 6.61 Å². The number of aromatic nitrogens is 2. The van der Waals surface area contributed by atoms with Crippen molar-refractivity contribution < 1.29 is 37.0 Å². The molecule has 0 unspecified atom stereocenters. The molecule has 0 spiro atoms. The number of nitro groups is 1. The van der Waals surface area contributed by atoms with Gasteiger partial charge in [-0.25, -0.2) is 0 Å². The standard InChI is InChI=1S/C28H31F3N4O6/c29-28(30,31)41-24-3-1-21(2-4-24)17-33-13-9-20(10-14-33)12-16-38-22-5-7-23(8-6-22)39-19-25-11-15-34-18-26(35(36)37)32-27(34)40-25/h1-8,18,20,25H,9-17,19H2/t25-/m1/s1. The fourth-order valence-corrected chi connectivity index (χ4v) is 4.99. The van der Waals surface area contributed by atoms with Gasteiger partial charge in [0, 0.05) is 24.5 Å². The van der Waals surface area contributed by atoms with Crippen molar-refractivity contribution in [2.45, 2.75) is 51.2 Å². The highest BCUT2D eigenvalue weighted by Crippen LogP contribution is 2.27. The maximum absolute atomic E-state index is 12.3. The Labute approximate surface area is 234 Å². The minimum atomic E-state index is -4.68. The molecule has 0 amide bonds. The topological polar surface area (TPSA) is 101 Å². The van der Waals surface area contributed by atoms with Crippen LogP contribution in [-0.4, -0.2) is 58.1 Å². The van der Waals surface area contributed by atoms with Gasteiger partial charge in [-0.05, 0) is 85.2 Å². The highest BCUT2D eigenvalue weighted by atomic mass is 19.4. The van der Waals surface area contributed by atoms with E-state index in [-0.39, 0.29) is 23.7 Å². The second-order valence-corrected chi connectivity index (χ2v) is 10.2. The van der Waals surface area contributed by atoms with Crippen molar-refractivity contribution in [1.29, 1.82) is 0 Å². The molecule has 5 rings (SSSR count). The van der Waals surface area contributed by atoms with E-state index in [1.54, 1.807) is 16.7 Å². The Morgan fingerprint density at radius 3 is 2.27 bits per heavy atom. The van der Waals surface area contributed by atoms with Crippen LogP contribution in [0.25, 0.3) is 0 Å². The van der Waals surface area contributed by atoms with Crippen LogP contribution in [0.1, 0.15) is 31.2 Å². The number of benzene rings is 2. The largest absolute Gasteiger partial charge is 0.573 e. The van der Waals surface area contributed by atoms with E-state index in [0.29, 0.717) is 44.4 Å². The zero-order chi connectivity index (χ0) is 28.8. The molecule has 1 fully saturated rings. The third-order valence-corrected chi connectivity index (χ3v) is 7.20. The zero-order valence-corrected chi connectivity index (χ0v) is 22.3. The van der Waals surface area contributed by atoms with E-state index in [1.165, 1.54) is 18.3 Å². The van der Waals surface area contributed by atoms with Crippen LogP contribution in [-0.2, 0) is 13.1 Å². The highest BCUT2D eigenvalue weighted by molar-refractivity contribution is 5.31. The van der Waals surface area contributed by atoms with Crippen LogP contribution < -0.4 is 18.9 Å². The van der Waals surface area contributed by atoms with Crippen molar-refractivity contribution in [2.24, 2.45) is 5.92 Å². The molecular weight excluding hydrogens is 545 g/mol. The van der Waals surface area contributed by atoms with Gasteiger partial charge in [-0.1, -0.05) is 12.1 Å². The summed E-state index contributed by atoms with van der Waals surface area (Å²) < 4.78 is 60.0. The van der Waals surface area contributed by atoms with Gasteiger partial charge in [-0.15, -0.1) is 13.2 Å². The summed E-state index contributed by atoms with van der Waals surface area (Å²) in [6, 6.07) is 13.7. The highest BCUT2D eigenvalue weighted by Gasteiger charge is 2.31. The van der Waals surface area contributed by atoms with Gasteiger partial charge in [-0.3, -0.25) is 9.47 Å². The summed E-state index contributed by atoms with van der Waals surface area (Å²) in [7, 11) is 0. The first-order valence-electron chi connectivity index (χ1n) is 13.5. The van der Waals surface area contributed by atoms with Gasteiger partial charge in [0.15, 0.2) is 0 Å². The number of aryl methyl sites for hydroxylation is 1. The van der Waals surface area contributed by atoms with Crippen molar-refractivity contribution >= 4 is 5.82 Å². The van der Waals surface area contributed by atoms with Crippen molar-refractivity contribution in [1.82, 2.24) is 14.5 Å². The molecule has 41 heavy (non-hydrogen) atoms. The molecule has 10 nitrogen and oxygen atoms in total. The second-order valence-electron chi connectivity index (χ2n) is 10.2. The number of imidazole rings is 1. The molecule has 0 N–H and O–H groups in total. The maximum atomic E-state index is 12.3. The molecule has 3 aromatic rings. The fraction of sp³-hybridized carbons (Fsp3) is 0.464. The molecule has 0 radical (unpaired) electrons. The van der Waals surface area contributed by atoms with E-state index >= 15 is 0 Å². The lowest BCUT2D eigenvalue weighted by molar-refractivity contribution is -0.389. The van der Waals surface area contributed by atoms with Crippen molar-refractivity contribution in [2.75, 3.05) is 26.3 Å². The van der Waals surface area contributed by atoms with Crippen LogP contribution in [0.5, 0.6) is 23.3 Å².